The maximum absolute atomic E-state index is 12.4. The Labute approximate surface area is 221 Å². The van der Waals surface area contributed by atoms with E-state index in [4.69, 9.17) is 30.8 Å². The fourth-order valence-electron chi connectivity index (χ4n) is 3.26. The number of hydrogen-bond donors (Lipinski definition) is 6. The molecule has 1 aromatic rings. The van der Waals surface area contributed by atoms with Crippen molar-refractivity contribution in [3.05, 3.63) is 35.9 Å². The van der Waals surface area contributed by atoms with Crippen LogP contribution in [0.1, 0.15) is 37.7 Å². The Kier molecular flexibility index (Phi) is 14.1. The van der Waals surface area contributed by atoms with Crippen LogP contribution in [0.3, 0.4) is 0 Å². The van der Waals surface area contributed by atoms with Crippen molar-refractivity contribution in [2.45, 2.75) is 63.1 Å². The summed E-state index contributed by atoms with van der Waals surface area (Å²) in [6.07, 6.45) is -2.84. The summed E-state index contributed by atoms with van der Waals surface area (Å²) in [5.41, 5.74) is 11.4. The van der Waals surface area contributed by atoms with E-state index < -0.39 is 42.3 Å². The van der Waals surface area contributed by atoms with Gasteiger partial charge in [-0.05, 0) is 37.7 Å². The molecule has 1 saturated heterocycles. The number of hydrogen-bond acceptors (Lipinski definition) is 7. The fourth-order valence-corrected chi connectivity index (χ4v) is 3.26. The van der Waals surface area contributed by atoms with Crippen LogP contribution in [0.2, 0.25) is 0 Å². The summed E-state index contributed by atoms with van der Waals surface area (Å²) in [6, 6.07) is 7.68. The average molecular weight is 564 g/mol. The van der Waals surface area contributed by atoms with Crippen LogP contribution in [0.5, 0.6) is 0 Å². The molecule has 1 fully saturated rings. The highest BCUT2D eigenvalue weighted by molar-refractivity contribution is 5.83. The Hall–Kier alpha value is -4.08. The lowest BCUT2D eigenvalue weighted by Gasteiger charge is -2.17. The van der Waals surface area contributed by atoms with Crippen molar-refractivity contribution >= 4 is 29.9 Å². The molecule has 2 amide bonds. The molecule has 1 aromatic carbocycles. The molecule has 3 atom stereocenters. The number of halogens is 3. The molecule has 0 spiro atoms. The summed E-state index contributed by atoms with van der Waals surface area (Å²) in [6.45, 7) is 0.411. The number of alkyl carbamates (subject to hydrolysis) is 1. The number of carbonyl (C=O) groups excluding carboxylic acids is 3. The normalized spacial score (nSPS) is 17.1. The smallest absolute Gasteiger partial charge is 0.430 e. The van der Waals surface area contributed by atoms with Crippen molar-refractivity contribution in [3.8, 4) is 0 Å². The van der Waals surface area contributed by atoms with Gasteiger partial charge in [0.2, 0.25) is 5.91 Å². The minimum Gasteiger partial charge on any atom is -0.542 e. The lowest BCUT2D eigenvalue weighted by Crippen LogP contribution is -2.78. The van der Waals surface area contributed by atoms with Gasteiger partial charge in [0.25, 0.3) is 0 Å². The Balaban J connectivity index is 0.000000956. The number of benzene rings is 1. The molecule has 2 rings (SSSR count). The number of nitrogens with one attached hydrogen (secondary N) is 3. The number of nitrogens with two attached hydrogens (primary N) is 2. The molecule has 218 valence electrons. The van der Waals surface area contributed by atoms with E-state index in [1.54, 1.807) is 24.3 Å². The second kappa shape index (κ2) is 16.7. The zero-order valence-electron chi connectivity index (χ0n) is 20.9. The topological polar surface area (TPSA) is 220 Å². The molecule has 8 N–H and O–H groups in total. The lowest BCUT2D eigenvalue weighted by molar-refractivity contribution is -0.459. The van der Waals surface area contributed by atoms with Gasteiger partial charge in [-0.25, -0.2) is 9.59 Å². The van der Waals surface area contributed by atoms with Crippen molar-refractivity contribution in [2.24, 2.45) is 11.5 Å². The van der Waals surface area contributed by atoms with E-state index in [9.17, 15) is 32.7 Å². The number of carboxylic acids is 2. The van der Waals surface area contributed by atoms with Gasteiger partial charge in [0.15, 0.2) is 0 Å². The van der Waals surface area contributed by atoms with Crippen LogP contribution in [0.4, 0.5) is 18.0 Å². The van der Waals surface area contributed by atoms with Crippen molar-refractivity contribution in [2.75, 3.05) is 13.1 Å². The number of unbranched alkanes of at least 4 members (excludes halogenated alkanes) is 1. The standard InChI is InChI=1S/C21H31N5O6.C2HF3O2/c22-20(23)24-11-5-4-8-15-9-10-17(32-15)18(27)25-12-16(19(28)29)26-21(30)31-13-14-6-2-1-3-7-14;3-2(4,5)1(6)7/h1-3,6-7,15-17H,4-5,8-13H2,(H,25,27)(H,26,30)(H,28,29)(H4,22,23,24);(H,6,7)/t15-,16-,17+;/m0./s1. The van der Waals surface area contributed by atoms with E-state index in [0.717, 1.165) is 31.2 Å². The van der Waals surface area contributed by atoms with Gasteiger partial charge in [-0.3, -0.25) is 21.3 Å². The van der Waals surface area contributed by atoms with Crippen molar-refractivity contribution in [3.63, 3.8) is 0 Å². The molecular formula is C23H32F3N5O8. The number of carbonyl (C=O) groups is 4. The van der Waals surface area contributed by atoms with Gasteiger partial charge >= 0.3 is 24.2 Å². The van der Waals surface area contributed by atoms with Crippen LogP contribution in [0, 0.1) is 0 Å². The van der Waals surface area contributed by atoms with Gasteiger partial charge in [-0.1, -0.05) is 30.3 Å². The van der Waals surface area contributed by atoms with E-state index in [2.05, 4.69) is 15.6 Å². The Morgan fingerprint density at radius 2 is 1.79 bits per heavy atom. The summed E-state index contributed by atoms with van der Waals surface area (Å²) in [4.78, 5) is 47.3. The molecule has 1 aliphatic heterocycles. The molecule has 0 aromatic heterocycles. The molecule has 16 heteroatoms. The SMILES string of the molecule is NC(N)=[NH+]CCCC[C@H]1CC[C@H](C(=O)NC[C@H](NC(=O)OCc2ccccc2)C(=O)O)O1.O=C([O-])C(F)(F)F. The van der Waals surface area contributed by atoms with Gasteiger partial charge in [-0.2, -0.15) is 13.2 Å². The second-order valence-corrected chi connectivity index (χ2v) is 8.33. The lowest BCUT2D eigenvalue weighted by atomic mass is 10.1. The maximum Gasteiger partial charge on any atom is 0.430 e. The van der Waals surface area contributed by atoms with Crippen LogP contribution < -0.4 is 32.2 Å². The van der Waals surface area contributed by atoms with Crippen molar-refractivity contribution in [1.29, 1.82) is 0 Å². The molecule has 0 aliphatic carbocycles. The second-order valence-electron chi connectivity index (χ2n) is 8.33. The number of carboxylic acid groups (broad SMARTS) is 2. The van der Waals surface area contributed by atoms with Gasteiger partial charge < -0.3 is 35.1 Å². The molecule has 0 unspecified atom stereocenters. The van der Waals surface area contributed by atoms with Gasteiger partial charge in [-0.15, -0.1) is 0 Å². The molecule has 13 nitrogen and oxygen atoms in total. The van der Waals surface area contributed by atoms with Crippen LogP contribution in [0.15, 0.2) is 30.3 Å². The Morgan fingerprint density at radius 1 is 1.15 bits per heavy atom. The number of amides is 2. The summed E-state index contributed by atoms with van der Waals surface area (Å²) in [5, 5.41) is 22.9. The molecule has 1 aliphatic rings. The predicted octanol–water partition coefficient (Wildman–Crippen LogP) is -2.15. The van der Waals surface area contributed by atoms with Crippen LogP contribution in [-0.2, 0) is 30.5 Å². The molecule has 39 heavy (non-hydrogen) atoms. The third-order valence-corrected chi connectivity index (χ3v) is 5.20. The maximum atomic E-state index is 12.4. The molecule has 1 heterocycles. The number of guanidine groups is 1. The number of rotatable bonds is 12. The quantitative estimate of drug-likeness (QED) is 0.0920. The first-order chi connectivity index (χ1) is 18.3. The molecular weight excluding hydrogens is 531 g/mol. The van der Waals surface area contributed by atoms with E-state index in [-0.39, 0.29) is 25.2 Å². The van der Waals surface area contributed by atoms with Crippen LogP contribution in [0.25, 0.3) is 0 Å². The number of ether oxygens (including phenoxy) is 2. The van der Waals surface area contributed by atoms with E-state index in [1.165, 1.54) is 0 Å². The highest BCUT2D eigenvalue weighted by atomic mass is 19.4. The van der Waals surface area contributed by atoms with E-state index in [1.807, 2.05) is 6.07 Å². The van der Waals surface area contributed by atoms with E-state index >= 15 is 0 Å². The van der Waals surface area contributed by atoms with Gasteiger partial charge in [0.05, 0.1) is 12.6 Å². The molecule has 0 radical (unpaired) electrons. The summed E-state index contributed by atoms with van der Waals surface area (Å²) in [5.74, 6) is -4.49. The summed E-state index contributed by atoms with van der Waals surface area (Å²) < 4.78 is 42.3. The third-order valence-electron chi connectivity index (χ3n) is 5.20. The fraction of sp³-hybridized carbons (Fsp3) is 0.522. The van der Waals surface area contributed by atoms with Gasteiger partial charge in [0, 0.05) is 6.54 Å². The summed E-state index contributed by atoms with van der Waals surface area (Å²) in [7, 11) is 0. The summed E-state index contributed by atoms with van der Waals surface area (Å²) >= 11 is 0. The largest absolute Gasteiger partial charge is 0.542 e. The monoisotopic (exact) mass is 563 g/mol. The van der Waals surface area contributed by atoms with Crippen molar-refractivity contribution < 1.29 is 57.0 Å². The minimum absolute atomic E-state index is 0.0105. The number of aliphatic carboxylic acids is 2. The highest BCUT2D eigenvalue weighted by Crippen LogP contribution is 2.23. The zero-order valence-corrected chi connectivity index (χ0v) is 20.9. The van der Waals surface area contributed by atoms with Crippen LogP contribution in [-0.4, -0.2) is 72.5 Å². The first-order valence-electron chi connectivity index (χ1n) is 11.8. The van der Waals surface area contributed by atoms with Crippen LogP contribution >= 0.6 is 0 Å². The number of alkyl halides is 3. The minimum atomic E-state index is -5.19. The first kappa shape index (κ1) is 32.9. The zero-order chi connectivity index (χ0) is 29.4. The predicted molar refractivity (Wildman–Crippen MR) is 126 cm³/mol. The van der Waals surface area contributed by atoms with E-state index in [0.29, 0.717) is 13.0 Å². The third kappa shape index (κ3) is 14.4. The van der Waals surface area contributed by atoms with Crippen molar-refractivity contribution in [1.82, 2.24) is 10.6 Å². The Morgan fingerprint density at radius 3 is 2.36 bits per heavy atom. The highest BCUT2D eigenvalue weighted by Gasteiger charge is 2.31. The molecule has 0 bridgehead atoms. The first-order valence-corrected chi connectivity index (χ1v) is 11.8. The average Bonchev–Trinajstić information content (AvgIpc) is 3.34. The molecule has 0 saturated carbocycles. The van der Waals surface area contributed by atoms with Gasteiger partial charge in [0.1, 0.15) is 24.7 Å². The Bertz CT molecular complexity index is 974.